The van der Waals surface area contributed by atoms with Crippen LogP contribution in [-0.2, 0) is 31.2 Å². The Morgan fingerprint density at radius 1 is 0.919 bits per heavy atom. The first-order valence-electron chi connectivity index (χ1n) is 23.0. The molecule has 2 aromatic heterocycles. The highest BCUT2D eigenvalue weighted by Gasteiger charge is 2.56. The highest BCUT2D eigenvalue weighted by atomic mass is 19.3. The molecule has 1 spiro atoms. The summed E-state index contributed by atoms with van der Waals surface area (Å²) in [6.45, 7) is 14.4. The topological polar surface area (TPSA) is 101 Å². The van der Waals surface area contributed by atoms with Crippen molar-refractivity contribution < 1.29 is 23.1 Å². The highest BCUT2D eigenvalue weighted by Crippen LogP contribution is 2.59. The van der Waals surface area contributed by atoms with E-state index in [2.05, 4.69) is 52.6 Å². The van der Waals surface area contributed by atoms with Crippen molar-refractivity contribution >= 4 is 23.3 Å². The molecule has 4 fully saturated rings. The van der Waals surface area contributed by atoms with Crippen molar-refractivity contribution in [3.63, 3.8) is 0 Å². The van der Waals surface area contributed by atoms with E-state index in [1.165, 1.54) is 18.5 Å². The summed E-state index contributed by atoms with van der Waals surface area (Å²) in [7, 11) is 1.80. The van der Waals surface area contributed by atoms with E-state index >= 15 is 0 Å². The largest absolute Gasteiger partial charge is 0.490 e. The Kier molecular flexibility index (Phi) is 10.1. The molecule has 1 N–H and O–H groups in total. The Balaban J connectivity index is 0.773. The quantitative estimate of drug-likeness (QED) is 0.180. The van der Waals surface area contributed by atoms with Gasteiger partial charge in [0.05, 0.1) is 24.9 Å². The maximum atomic E-state index is 14.7. The molecular weight excluding hydrogens is 787 g/mol. The molecule has 2 amide bonds. The number of aryl methyl sites for hydroxylation is 2. The van der Waals surface area contributed by atoms with Crippen LogP contribution in [0.2, 0.25) is 0 Å². The van der Waals surface area contributed by atoms with Gasteiger partial charge in [0.2, 0.25) is 5.91 Å². The maximum absolute atomic E-state index is 14.7. The maximum Gasteiger partial charge on any atom is 0.264 e. The van der Waals surface area contributed by atoms with Crippen LogP contribution < -0.4 is 15.0 Å². The molecule has 13 heteroatoms. The van der Waals surface area contributed by atoms with Crippen molar-refractivity contribution in [3.05, 3.63) is 76.7 Å². The number of alkyl halides is 2. The summed E-state index contributed by atoms with van der Waals surface area (Å²) in [5, 5.41) is 12.9. The molecule has 11 nitrogen and oxygen atoms in total. The van der Waals surface area contributed by atoms with Crippen LogP contribution in [-0.4, -0.2) is 85.5 Å². The molecule has 6 aliphatic rings. The van der Waals surface area contributed by atoms with Crippen molar-refractivity contribution in [2.24, 2.45) is 23.3 Å². The summed E-state index contributed by atoms with van der Waals surface area (Å²) in [6, 6.07) is 12.3. The minimum atomic E-state index is -2.64. The van der Waals surface area contributed by atoms with Crippen LogP contribution in [0.25, 0.3) is 11.1 Å². The van der Waals surface area contributed by atoms with E-state index in [1.807, 2.05) is 35.2 Å². The number of fused-ring (bicyclic) bond motifs is 2. The fourth-order valence-electron chi connectivity index (χ4n) is 12.9. The zero-order valence-electron chi connectivity index (χ0n) is 37.2. The predicted octanol–water partition coefficient (Wildman–Crippen LogP) is 8.79. The SMILES string of the molecule is CC(=O)N1CCc2c(c(N3CCCc4cc(-c5cnn(C)c5)c(C(F)F)cc43)nn2C2CCN(C3CC4(CC(Oc5ccc(C(=O)NC6C(C)(C)CC6(C)C)cc5)C4)C3)CC2)C1. The second-order valence-corrected chi connectivity index (χ2v) is 21.0. The van der Waals surface area contributed by atoms with Gasteiger partial charge < -0.3 is 24.8 Å². The molecule has 5 heterocycles. The van der Waals surface area contributed by atoms with Gasteiger partial charge in [0.1, 0.15) is 5.75 Å². The van der Waals surface area contributed by atoms with Gasteiger partial charge in [0, 0.05) is 98.5 Å². The second-order valence-electron chi connectivity index (χ2n) is 21.0. The van der Waals surface area contributed by atoms with Crippen molar-refractivity contribution in [2.75, 3.05) is 31.1 Å². The molecule has 4 aromatic rings. The van der Waals surface area contributed by atoms with Gasteiger partial charge in [-0.3, -0.25) is 19.0 Å². The standard InChI is InChI=1S/C49H62F2N8O3/c1-30(60)57-19-15-41-40(28-57)44(58-16-7-8-32-20-38(33-26-52-55(6)27-33)39(43(50)51)21-42(32)58)54-59(41)34-13-17-56(18-14-34)35-22-49(23-35)24-37(25-49)62-36-11-9-31(10-12-36)45(61)53-46-47(2,3)29-48(46,4)5/h9-12,20-21,26-27,34-35,37,43,46H,7-8,13-19,22-25,28-29H2,1-6H3,(H,53,61). The van der Waals surface area contributed by atoms with Gasteiger partial charge in [-0.25, -0.2) is 8.78 Å². The van der Waals surface area contributed by atoms with Crippen LogP contribution in [0.3, 0.4) is 0 Å². The molecule has 3 aliphatic carbocycles. The van der Waals surface area contributed by atoms with Gasteiger partial charge in [0.25, 0.3) is 12.3 Å². The molecule has 0 unspecified atom stereocenters. The lowest BCUT2D eigenvalue weighted by Crippen LogP contribution is -2.63. The number of carbonyl (C=O) groups excluding carboxylic acids is 2. The number of hydrogen-bond donors (Lipinski definition) is 1. The molecule has 0 radical (unpaired) electrons. The number of hydrogen-bond acceptors (Lipinski definition) is 7. The Labute approximate surface area is 364 Å². The molecular formula is C49H62F2N8O3. The number of benzene rings is 2. The molecule has 0 atom stereocenters. The first-order valence-corrected chi connectivity index (χ1v) is 23.0. The van der Waals surface area contributed by atoms with Crippen LogP contribution >= 0.6 is 0 Å². The fraction of sp³-hybridized carbons (Fsp3) is 0.592. The first kappa shape index (κ1) is 41.2. The average molecular weight is 849 g/mol. The summed E-state index contributed by atoms with van der Waals surface area (Å²) in [6.07, 6.45) is 11.1. The van der Waals surface area contributed by atoms with Gasteiger partial charge in [0.15, 0.2) is 5.82 Å². The highest BCUT2D eigenvalue weighted by molar-refractivity contribution is 5.94. The third kappa shape index (κ3) is 7.29. The van der Waals surface area contributed by atoms with Crippen molar-refractivity contribution in [3.8, 4) is 16.9 Å². The molecule has 0 bridgehead atoms. The Hall–Kier alpha value is -4.78. The molecule has 2 aromatic carbocycles. The second kappa shape index (κ2) is 15.2. The summed E-state index contributed by atoms with van der Waals surface area (Å²) < 4.78 is 39.8. The molecule has 3 saturated carbocycles. The van der Waals surface area contributed by atoms with Crippen LogP contribution in [0.1, 0.15) is 131 Å². The number of piperidine rings is 1. The van der Waals surface area contributed by atoms with E-state index in [0.29, 0.717) is 47.8 Å². The van der Waals surface area contributed by atoms with E-state index in [1.54, 1.807) is 37.1 Å². The van der Waals surface area contributed by atoms with Crippen LogP contribution in [0, 0.1) is 16.2 Å². The Bertz CT molecular complexity index is 2350. The van der Waals surface area contributed by atoms with E-state index in [0.717, 1.165) is 92.8 Å². The Morgan fingerprint density at radius 2 is 1.65 bits per heavy atom. The fourth-order valence-corrected chi connectivity index (χ4v) is 12.9. The monoisotopic (exact) mass is 848 g/mol. The number of nitrogens with one attached hydrogen (secondary N) is 1. The van der Waals surface area contributed by atoms with Crippen molar-refractivity contribution in [2.45, 2.75) is 136 Å². The van der Waals surface area contributed by atoms with Crippen LogP contribution in [0.15, 0.2) is 48.8 Å². The van der Waals surface area contributed by atoms with Gasteiger partial charge in [-0.05, 0) is 122 Å². The zero-order chi connectivity index (χ0) is 43.3. The molecule has 62 heavy (non-hydrogen) atoms. The molecule has 1 saturated heterocycles. The third-order valence-corrected chi connectivity index (χ3v) is 15.6. The number of rotatable bonds is 9. The normalized spacial score (nSPS) is 25.8. The van der Waals surface area contributed by atoms with Crippen LogP contribution in [0.5, 0.6) is 5.75 Å². The number of aromatic nitrogens is 4. The summed E-state index contributed by atoms with van der Waals surface area (Å²) in [4.78, 5) is 32.5. The van der Waals surface area contributed by atoms with E-state index < -0.39 is 6.43 Å². The number of nitrogens with zero attached hydrogens (tertiary/aromatic N) is 7. The van der Waals surface area contributed by atoms with Crippen molar-refractivity contribution in [1.29, 1.82) is 0 Å². The number of anilines is 2. The van der Waals surface area contributed by atoms with E-state index in [9.17, 15) is 18.4 Å². The summed E-state index contributed by atoms with van der Waals surface area (Å²) in [5.74, 6) is 1.67. The minimum Gasteiger partial charge on any atom is -0.490 e. The van der Waals surface area contributed by atoms with Gasteiger partial charge in [-0.15, -0.1) is 0 Å². The van der Waals surface area contributed by atoms with Gasteiger partial charge in [-0.1, -0.05) is 27.7 Å². The lowest BCUT2D eigenvalue weighted by Gasteiger charge is -2.60. The summed E-state index contributed by atoms with van der Waals surface area (Å²) >= 11 is 0. The average Bonchev–Trinajstić information content (AvgIpc) is 3.82. The number of halogens is 2. The molecule has 3 aliphatic heterocycles. The van der Waals surface area contributed by atoms with E-state index in [4.69, 9.17) is 9.84 Å². The lowest BCUT2D eigenvalue weighted by molar-refractivity contribution is -0.129. The Morgan fingerprint density at radius 3 is 2.29 bits per heavy atom. The van der Waals surface area contributed by atoms with Crippen LogP contribution in [0.4, 0.5) is 20.3 Å². The number of amides is 2. The van der Waals surface area contributed by atoms with Gasteiger partial charge >= 0.3 is 0 Å². The zero-order valence-corrected chi connectivity index (χ0v) is 37.2. The minimum absolute atomic E-state index is 0.00188. The molecule has 10 rings (SSSR count). The number of ether oxygens (including phenoxy) is 1. The van der Waals surface area contributed by atoms with Gasteiger partial charge in [-0.2, -0.15) is 10.2 Å². The van der Waals surface area contributed by atoms with Crippen molar-refractivity contribution in [1.82, 2.24) is 34.7 Å². The smallest absolute Gasteiger partial charge is 0.264 e. The summed E-state index contributed by atoms with van der Waals surface area (Å²) in [5.41, 5.74) is 6.55. The third-order valence-electron chi connectivity index (χ3n) is 15.6. The van der Waals surface area contributed by atoms with E-state index in [-0.39, 0.29) is 46.4 Å². The predicted molar refractivity (Wildman–Crippen MR) is 235 cm³/mol. The number of likely N-dealkylation sites (tertiary alicyclic amines) is 1. The lowest BCUT2D eigenvalue weighted by atomic mass is 9.52. The molecule has 330 valence electrons. The first-order chi connectivity index (χ1) is 29.6. The number of carbonyl (C=O) groups is 2.